The number of carbonyl (C=O) groups is 1. The van der Waals surface area contributed by atoms with Crippen LogP contribution in [0.1, 0.15) is 19.4 Å². The lowest BCUT2D eigenvalue weighted by molar-refractivity contribution is -0.113. The largest absolute Gasteiger partial charge is 0.329 e. The van der Waals surface area contributed by atoms with Crippen LogP contribution >= 0.6 is 11.8 Å². The molecule has 0 bridgehead atoms. The van der Waals surface area contributed by atoms with Crippen LogP contribution < -0.4 is 5.32 Å². The molecule has 2 aromatic rings. The van der Waals surface area contributed by atoms with Crippen molar-refractivity contribution < 1.29 is 4.79 Å². The minimum atomic E-state index is -0.0158. The van der Waals surface area contributed by atoms with Crippen molar-refractivity contribution in [2.24, 2.45) is 7.05 Å². The fourth-order valence-electron chi connectivity index (χ4n) is 2.27. The van der Waals surface area contributed by atoms with Gasteiger partial charge >= 0.3 is 0 Å². The van der Waals surface area contributed by atoms with Crippen LogP contribution in [-0.4, -0.2) is 39.2 Å². The number of rotatable bonds is 8. The van der Waals surface area contributed by atoms with Gasteiger partial charge in [-0.3, -0.25) is 9.69 Å². The summed E-state index contributed by atoms with van der Waals surface area (Å²) in [5.41, 5.74) is 2.06. The number of amides is 1. The first-order valence-electron chi connectivity index (χ1n) is 7.83. The van der Waals surface area contributed by atoms with Crippen LogP contribution in [0.4, 0.5) is 5.69 Å². The van der Waals surface area contributed by atoms with E-state index >= 15 is 0 Å². The number of aromatic nitrogens is 2. The molecule has 0 fully saturated rings. The van der Waals surface area contributed by atoms with Gasteiger partial charge in [-0.1, -0.05) is 37.7 Å². The van der Waals surface area contributed by atoms with Crippen molar-refractivity contribution >= 4 is 23.4 Å². The SMILES string of the molecule is CCN(CC)Cc1cccc(NC(=O)CSc2nccn2C)c1. The highest BCUT2D eigenvalue weighted by Gasteiger charge is 2.07. The Morgan fingerprint density at radius 1 is 1.35 bits per heavy atom. The number of hydrogen-bond donors (Lipinski definition) is 1. The highest BCUT2D eigenvalue weighted by atomic mass is 32.2. The molecule has 124 valence electrons. The van der Waals surface area contributed by atoms with Crippen molar-refractivity contribution in [3.05, 3.63) is 42.2 Å². The Labute approximate surface area is 142 Å². The number of nitrogens with zero attached hydrogens (tertiary/aromatic N) is 3. The van der Waals surface area contributed by atoms with Gasteiger partial charge in [-0.05, 0) is 30.8 Å². The molecule has 0 radical (unpaired) electrons. The van der Waals surface area contributed by atoms with Crippen molar-refractivity contribution in [3.63, 3.8) is 0 Å². The molecular weight excluding hydrogens is 308 g/mol. The molecule has 1 aromatic carbocycles. The number of hydrogen-bond acceptors (Lipinski definition) is 4. The second-order valence-corrected chi connectivity index (χ2v) is 6.26. The zero-order valence-corrected chi connectivity index (χ0v) is 14.8. The van der Waals surface area contributed by atoms with Gasteiger partial charge in [0.15, 0.2) is 5.16 Å². The lowest BCUT2D eigenvalue weighted by atomic mass is 10.2. The second kappa shape index (κ2) is 8.74. The van der Waals surface area contributed by atoms with Crippen LogP contribution in [0.3, 0.4) is 0 Å². The first-order valence-corrected chi connectivity index (χ1v) is 8.82. The molecule has 0 aliphatic carbocycles. The second-order valence-electron chi connectivity index (χ2n) is 5.32. The number of nitrogens with one attached hydrogen (secondary N) is 1. The third-order valence-electron chi connectivity index (χ3n) is 3.62. The summed E-state index contributed by atoms with van der Waals surface area (Å²) in [4.78, 5) is 18.6. The quantitative estimate of drug-likeness (QED) is 0.755. The molecule has 5 nitrogen and oxygen atoms in total. The smallest absolute Gasteiger partial charge is 0.234 e. The molecule has 1 aromatic heterocycles. The number of anilines is 1. The van der Waals surface area contributed by atoms with E-state index in [-0.39, 0.29) is 5.91 Å². The normalized spacial score (nSPS) is 11.0. The van der Waals surface area contributed by atoms with Crippen LogP contribution in [0.2, 0.25) is 0 Å². The summed E-state index contributed by atoms with van der Waals surface area (Å²) in [7, 11) is 1.92. The zero-order valence-electron chi connectivity index (χ0n) is 14.0. The van der Waals surface area contributed by atoms with E-state index in [1.165, 1.54) is 17.3 Å². The number of imidazole rings is 1. The van der Waals surface area contributed by atoms with E-state index in [0.29, 0.717) is 5.75 Å². The van der Waals surface area contributed by atoms with Crippen molar-refractivity contribution in [2.45, 2.75) is 25.5 Å². The number of benzene rings is 1. The number of aryl methyl sites for hydroxylation is 1. The fraction of sp³-hybridized carbons (Fsp3) is 0.412. The summed E-state index contributed by atoms with van der Waals surface area (Å²) in [6.07, 6.45) is 3.61. The Morgan fingerprint density at radius 2 is 2.13 bits per heavy atom. The summed E-state index contributed by atoms with van der Waals surface area (Å²) in [6, 6.07) is 8.05. The van der Waals surface area contributed by atoms with Gasteiger partial charge in [-0.15, -0.1) is 0 Å². The predicted molar refractivity (Wildman–Crippen MR) is 95.6 cm³/mol. The van der Waals surface area contributed by atoms with E-state index in [0.717, 1.165) is 30.5 Å². The summed E-state index contributed by atoms with van der Waals surface area (Å²) in [5.74, 6) is 0.337. The molecule has 0 atom stereocenters. The van der Waals surface area contributed by atoms with Crippen LogP contribution in [0, 0.1) is 0 Å². The maximum atomic E-state index is 12.1. The van der Waals surface area contributed by atoms with Crippen molar-refractivity contribution in [1.82, 2.24) is 14.5 Å². The summed E-state index contributed by atoms with van der Waals surface area (Å²) >= 11 is 1.43. The third-order valence-corrected chi connectivity index (χ3v) is 4.68. The molecule has 2 rings (SSSR count). The maximum Gasteiger partial charge on any atom is 0.234 e. The molecule has 23 heavy (non-hydrogen) atoms. The summed E-state index contributed by atoms with van der Waals surface area (Å²) < 4.78 is 1.91. The first kappa shape index (κ1) is 17.6. The molecule has 1 amide bonds. The monoisotopic (exact) mass is 332 g/mol. The van der Waals surface area contributed by atoms with Gasteiger partial charge in [0, 0.05) is 31.7 Å². The Hall–Kier alpha value is -1.79. The fourth-order valence-corrected chi connectivity index (χ4v) is 3.00. The molecule has 0 spiro atoms. The van der Waals surface area contributed by atoms with Crippen molar-refractivity contribution in [1.29, 1.82) is 0 Å². The van der Waals surface area contributed by atoms with Gasteiger partial charge in [0.2, 0.25) is 5.91 Å². The summed E-state index contributed by atoms with van der Waals surface area (Å²) in [5, 5.41) is 3.80. The summed E-state index contributed by atoms with van der Waals surface area (Å²) in [6.45, 7) is 7.26. The lowest BCUT2D eigenvalue weighted by Gasteiger charge is -2.18. The van der Waals surface area contributed by atoms with E-state index < -0.39 is 0 Å². The number of carbonyl (C=O) groups excluding carboxylic acids is 1. The topological polar surface area (TPSA) is 50.2 Å². The van der Waals surface area contributed by atoms with E-state index in [2.05, 4.69) is 35.1 Å². The van der Waals surface area contributed by atoms with Gasteiger partial charge in [-0.2, -0.15) is 0 Å². The van der Waals surface area contributed by atoms with Gasteiger partial charge in [0.05, 0.1) is 5.75 Å². The van der Waals surface area contributed by atoms with Crippen LogP contribution in [-0.2, 0) is 18.4 Å². The average Bonchev–Trinajstić information content (AvgIpc) is 2.96. The third kappa shape index (κ3) is 5.41. The van der Waals surface area contributed by atoms with E-state index in [1.807, 2.05) is 36.0 Å². The maximum absolute atomic E-state index is 12.1. The zero-order chi connectivity index (χ0) is 16.7. The molecule has 0 aliphatic heterocycles. The Bertz CT molecular complexity index is 637. The van der Waals surface area contributed by atoms with E-state index in [4.69, 9.17) is 0 Å². The van der Waals surface area contributed by atoms with E-state index in [9.17, 15) is 4.79 Å². The van der Waals surface area contributed by atoms with E-state index in [1.54, 1.807) is 6.20 Å². The van der Waals surface area contributed by atoms with Crippen molar-refractivity contribution in [3.8, 4) is 0 Å². The minimum Gasteiger partial charge on any atom is -0.329 e. The molecular formula is C17H24N4OS. The highest BCUT2D eigenvalue weighted by molar-refractivity contribution is 7.99. The Morgan fingerprint density at radius 3 is 2.78 bits per heavy atom. The van der Waals surface area contributed by atoms with Gasteiger partial charge < -0.3 is 9.88 Å². The Balaban J connectivity index is 1.89. The number of thioether (sulfide) groups is 1. The minimum absolute atomic E-state index is 0.0158. The molecule has 1 N–H and O–H groups in total. The molecule has 0 saturated carbocycles. The van der Waals surface area contributed by atoms with Gasteiger partial charge in [0.1, 0.15) is 0 Å². The first-order chi connectivity index (χ1) is 11.1. The molecule has 1 heterocycles. The van der Waals surface area contributed by atoms with Crippen LogP contribution in [0.15, 0.2) is 41.8 Å². The highest BCUT2D eigenvalue weighted by Crippen LogP contribution is 2.16. The molecule has 0 saturated heterocycles. The Kier molecular flexibility index (Phi) is 6.67. The average molecular weight is 332 g/mol. The van der Waals surface area contributed by atoms with Gasteiger partial charge in [-0.25, -0.2) is 4.98 Å². The molecule has 0 aliphatic rings. The van der Waals surface area contributed by atoms with Crippen LogP contribution in [0.25, 0.3) is 0 Å². The van der Waals surface area contributed by atoms with Crippen molar-refractivity contribution in [2.75, 3.05) is 24.2 Å². The lowest BCUT2D eigenvalue weighted by Crippen LogP contribution is -2.22. The standard InChI is InChI=1S/C17H24N4OS/c1-4-21(5-2)12-14-7-6-8-15(11-14)19-16(22)13-23-17-18-9-10-20(17)3/h6-11H,4-5,12-13H2,1-3H3,(H,19,22). The molecule has 0 unspecified atom stereocenters. The molecule has 6 heteroatoms. The van der Waals surface area contributed by atoms with Crippen LogP contribution in [0.5, 0.6) is 0 Å². The predicted octanol–water partition coefficient (Wildman–Crippen LogP) is 2.99. The van der Waals surface area contributed by atoms with Gasteiger partial charge in [0.25, 0.3) is 0 Å².